The van der Waals surface area contributed by atoms with Gasteiger partial charge in [0.05, 0.1) is 17.8 Å². The lowest BCUT2D eigenvalue weighted by atomic mass is 10.0. The molecule has 22 heavy (non-hydrogen) atoms. The van der Waals surface area contributed by atoms with Crippen molar-refractivity contribution < 1.29 is 0 Å². The molecule has 116 valence electrons. The first-order valence-electron chi connectivity index (χ1n) is 7.89. The van der Waals surface area contributed by atoms with E-state index in [1.54, 1.807) is 0 Å². The Balaban J connectivity index is 2.03. The van der Waals surface area contributed by atoms with Crippen LogP contribution in [0.3, 0.4) is 0 Å². The molecule has 1 fully saturated rings. The molecule has 0 radical (unpaired) electrons. The van der Waals surface area contributed by atoms with E-state index in [1.807, 2.05) is 18.3 Å². The second kappa shape index (κ2) is 6.48. The smallest absolute Gasteiger partial charge is 0.170 e. The van der Waals surface area contributed by atoms with Crippen molar-refractivity contribution in [3.8, 4) is 0 Å². The Morgan fingerprint density at radius 2 is 2.09 bits per heavy atom. The summed E-state index contributed by atoms with van der Waals surface area (Å²) in [6, 6.07) is 10.7. The number of nitrogens with one attached hydrogen (secondary N) is 1. The molecule has 0 spiro atoms. The molecule has 0 aliphatic carbocycles. The van der Waals surface area contributed by atoms with Crippen molar-refractivity contribution in [2.75, 3.05) is 6.54 Å². The summed E-state index contributed by atoms with van der Waals surface area (Å²) in [4.78, 5) is 6.85. The van der Waals surface area contributed by atoms with Crippen LogP contribution in [-0.2, 0) is 6.54 Å². The average Bonchev–Trinajstić information content (AvgIpc) is 3.13. The van der Waals surface area contributed by atoms with Crippen LogP contribution in [0.15, 0.2) is 42.7 Å². The molecule has 5 heteroatoms. The van der Waals surface area contributed by atoms with E-state index in [1.165, 1.54) is 5.69 Å². The van der Waals surface area contributed by atoms with Gasteiger partial charge in [-0.3, -0.25) is 4.98 Å². The van der Waals surface area contributed by atoms with Gasteiger partial charge in [-0.15, -0.1) is 0 Å². The van der Waals surface area contributed by atoms with Crippen LogP contribution in [0.2, 0.25) is 0 Å². The van der Waals surface area contributed by atoms with Crippen molar-refractivity contribution in [2.45, 2.75) is 38.9 Å². The van der Waals surface area contributed by atoms with Gasteiger partial charge >= 0.3 is 0 Å². The second-order valence-electron chi connectivity index (χ2n) is 5.54. The number of aryl methyl sites for hydroxylation is 1. The van der Waals surface area contributed by atoms with E-state index in [0.717, 1.165) is 30.3 Å². The van der Waals surface area contributed by atoms with Gasteiger partial charge in [-0.1, -0.05) is 13.0 Å². The Hall–Kier alpha value is -1.88. The van der Waals surface area contributed by atoms with Gasteiger partial charge in [0.25, 0.3) is 0 Å². The number of thiocarbonyl (C=S) groups is 1. The van der Waals surface area contributed by atoms with Crippen molar-refractivity contribution in [2.24, 2.45) is 0 Å². The van der Waals surface area contributed by atoms with Crippen LogP contribution in [0.1, 0.15) is 43.7 Å². The van der Waals surface area contributed by atoms with Crippen molar-refractivity contribution in [3.05, 3.63) is 54.1 Å². The molecule has 1 aliphatic heterocycles. The van der Waals surface area contributed by atoms with Crippen molar-refractivity contribution in [1.82, 2.24) is 19.8 Å². The second-order valence-corrected chi connectivity index (χ2v) is 5.93. The summed E-state index contributed by atoms with van der Waals surface area (Å²) in [5, 5.41) is 4.30. The number of nitrogens with zero attached hydrogens (tertiary/aromatic N) is 3. The molecule has 4 nitrogen and oxygen atoms in total. The Bertz CT molecular complexity index is 637. The first-order valence-corrected chi connectivity index (χ1v) is 8.30. The molecule has 0 bridgehead atoms. The quantitative estimate of drug-likeness (QED) is 0.859. The van der Waals surface area contributed by atoms with Crippen LogP contribution in [0.4, 0.5) is 0 Å². The molecule has 0 amide bonds. The van der Waals surface area contributed by atoms with Crippen molar-refractivity contribution in [1.29, 1.82) is 0 Å². The summed E-state index contributed by atoms with van der Waals surface area (Å²) in [6.45, 7) is 6.27. The molecule has 1 saturated heterocycles. The van der Waals surface area contributed by atoms with Gasteiger partial charge in [0.2, 0.25) is 0 Å². The zero-order valence-electron chi connectivity index (χ0n) is 13.1. The van der Waals surface area contributed by atoms with Gasteiger partial charge in [0, 0.05) is 31.2 Å². The summed E-state index contributed by atoms with van der Waals surface area (Å²) in [6.07, 6.45) is 5.05. The minimum atomic E-state index is 0.0976. The Kier molecular flexibility index (Phi) is 4.43. The van der Waals surface area contributed by atoms with Crippen LogP contribution in [0.5, 0.6) is 0 Å². The van der Waals surface area contributed by atoms with E-state index in [2.05, 4.69) is 58.0 Å². The topological polar surface area (TPSA) is 33.1 Å². The third-order valence-corrected chi connectivity index (χ3v) is 4.52. The fourth-order valence-corrected chi connectivity index (χ4v) is 3.52. The predicted molar refractivity (Wildman–Crippen MR) is 92.6 cm³/mol. The maximum Gasteiger partial charge on any atom is 0.170 e. The molecule has 2 unspecified atom stereocenters. The molecular formula is C17H22N4S. The lowest BCUT2D eigenvalue weighted by Crippen LogP contribution is -2.31. The Labute approximate surface area is 137 Å². The largest absolute Gasteiger partial charge is 0.352 e. The third kappa shape index (κ3) is 2.61. The summed E-state index contributed by atoms with van der Waals surface area (Å²) in [7, 11) is 0. The summed E-state index contributed by atoms with van der Waals surface area (Å²) in [5.74, 6) is 0. The van der Waals surface area contributed by atoms with E-state index in [4.69, 9.17) is 12.2 Å². The number of aromatic nitrogens is 2. The van der Waals surface area contributed by atoms with E-state index in [9.17, 15) is 0 Å². The van der Waals surface area contributed by atoms with E-state index < -0.39 is 0 Å². The maximum atomic E-state index is 5.59. The molecule has 1 N–H and O–H groups in total. The fourth-order valence-electron chi connectivity index (χ4n) is 3.19. The SMILES string of the molecule is CCCN1C(=S)NC(c2ccccn2)C1c1cccn1CC. The van der Waals surface area contributed by atoms with Crippen molar-refractivity contribution >= 4 is 17.3 Å². The summed E-state index contributed by atoms with van der Waals surface area (Å²) >= 11 is 5.59. The molecule has 3 rings (SSSR count). The highest BCUT2D eigenvalue weighted by atomic mass is 32.1. The minimum absolute atomic E-state index is 0.0976. The lowest BCUT2D eigenvalue weighted by Gasteiger charge is -2.28. The molecule has 2 aromatic rings. The highest BCUT2D eigenvalue weighted by Gasteiger charge is 2.40. The van der Waals surface area contributed by atoms with Crippen LogP contribution in [0.25, 0.3) is 0 Å². The number of hydrogen-bond donors (Lipinski definition) is 1. The highest BCUT2D eigenvalue weighted by molar-refractivity contribution is 7.80. The average molecular weight is 314 g/mol. The van der Waals surface area contributed by atoms with Crippen LogP contribution in [0, 0.1) is 0 Å². The number of rotatable bonds is 5. The zero-order chi connectivity index (χ0) is 15.5. The van der Waals surface area contributed by atoms with E-state index >= 15 is 0 Å². The Morgan fingerprint density at radius 1 is 1.23 bits per heavy atom. The van der Waals surface area contributed by atoms with E-state index in [0.29, 0.717) is 0 Å². The van der Waals surface area contributed by atoms with Gasteiger partial charge < -0.3 is 14.8 Å². The van der Waals surface area contributed by atoms with Gasteiger partial charge in [0.15, 0.2) is 5.11 Å². The normalized spacial score (nSPS) is 21.2. The highest BCUT2D eigenvalue weighted by Crippen LogP contribution is 2.38. The number of hydrogen-bond acceptors (Lipinski definition) is 2. The maximum absolute atomic E-state index is 5.59. The molecule has 0 aromatic carbocycles. The van der Waals surface area contributed by atoms with E-state index in [-0.39, 0.29) is 12.1 Å². The van der Waals surface area contributed by atoms with Gasteiger partial charge in [-0.2, -0.15) is 0 Å². The first kappa shape index (κ1) is 15.0. The van der Waals surface area contributed by atoms with Crippen LogP contribution < -0.4 is 5.32 Å². The fraction of sp³-hybridized carbons (Fsp3) is 0.412. The molecule has 0 saturated carbocycles. The van der Waals surface area contributed by atoms with Crippen molar-refractivity contribution in [3.63, 3.8) is 0 Å². The molecular weight excluding hydrogens is 292 g/mol. The summed E-state index contributed by atoms with van der Waals surface area (Å²) in [5.41, 5.74) is 2.33. The molecule has 2 aromatic heterocycles. The number of pyridine rings is 1. The van der Waals surface area contributed by atoms with Crippen LogP contribution in [-0.4, -0.2) is 26.1 Å². The molecule has 2 atom stereocenters. The lowest BCUT2D eigenvalue weighted by molar-refractivity contribution is 0.304. The predicted octanol–water partition coefficient (Wildman–Crippen LogP) is 3.29. The Morgan fingerprint density at radius 3 is 2.77 bits per heavy atom. The third-order valence-electron chi connectivity index (χ3n) is 4.17. The minimum Gasteiger partial charge on any atom is -0.352 e. The zero-order valence-corrected chi connectivity index (χ0v) is 13.9. The first-order chi connectivity index (χ1) is 10.8. The monoisotopic (exact) mass is 314 g/mol. The summed E-state index contributed by atoms with van der Waals surface area (Å²) < 4.78 is 2.29. The van der Waals surface area contributed by atoms with Crippen LogP contribution >= 0.6 is 12.2 Å². The van der Waals surface area contributed by atoms with Gasteiger partial charge in [-0.25, -0.2) is 0 Å². The van der Waals surface area contributed by atoms with Gasteiger partial charge in [0.1, 0.15) is 0 Å². The molecule has 1 aliphatic rings. The molecule has 3 heterocycles. The standard InChI is InChI=1S/C17H22N4S/c1-3-11-21-16(14-9-7-12-20(14)4-2)15(19-17(21)22)13-8-5-6-10-18-13/h5-10,12,15-16H,3-4,11H2,1-2H3,(H,19,22). The van der Waals surface area contributed by atoms with Gasteiger partial charge in [-0.05, 0) is 49.8 Å².